The summed E-state index contributed by atoms with van der Waals surface area (Å²) in [7, 11) is 0. The van der Waals surface area contributed by atoms with Gasteiger partial charge in [0.25, 0.3) is 0 Å². The highest BCUT2D eigenvalue weighted by molar-refractivity contribution is 5.81. The summed E-state index contributed by atoms with van der Waals surface area (Å²) in [5.74, 6) is -0.432. The lowest BCUT2D eigenvalue weighted by atomic mass is 10.0. The number of nitrogens with one attached hydrogen (secondary N) is 1. The van der Waals surface area contributed by atoms with Gasteiger partial charge in [-0.05, 0) is 6.92 Å². The Morgan fingerprint density at radius 2 is 1.94 bits per heavy atom. The van der Waals surface area contributed by atoms with Crippen LogP contribution >= 0.6 is 0 Å². The number of aromatic nitrogens is 4. The molecule has 0 saturated heterocycles. The number of nitrogens with two attached hydrogens (primary N) is 2. The fourth-order valence-electron chi connectivity index (χ4n) is 1.23. The molecule has 0 saturated carbocycles. The minimum absolute atomic E-state index is 0.0201. The molecule has 0 radical (unpaired) electrons. The van der Waals surface area contributed by atoms with E-state index >= 15 is 0 Å². The molecule has 2 aromatic rings. The molecule has 1 atom stereocenters. The third kappa shape index (κ3) is 1.68. The predicted molar refractivity (Wildman–Crippen MR) is 53.7 cm³/mol. The van der Waals surface area contributed by atoms with E-state index in [1.807, 2.05) is 0 Å². The molecule has 9 heteroatoms. The highest BCUT2D eigenvalue weighted by Crippen LogP contribution is 2.35. The van der Waals surface area contributed by atoms with Gasteiger partial charge in [0.05, 0.1) is 0 Å². The average molecular weight is 246 g/mol. The molecule has 0 spiro atoms. The van der Waals surface area contributed by atoms with Crippen molar-refractivity contribution >= 4 is 17.0 Å². The number of rotatable bonds is 1. The molecular formula is C8H9F3N6. The van der Waals surface area contributed by atoms with Crippen LogP contribution in [0.3, 0.4) is 0 Å². The molecule has 1 unspecified atom stereocenters. The maximum Gasteiger partial charge on any atom is 0.413 e. The van der Waals surface area contributed by atoms with Gasteiger partial charge in [0.1, 0.15) is 17.7 Å². The average Bonchev–Trinajstić information content (AvgIpc) is 2.61. The Morgan fingerprint density at radius 3 is 2.47 bits per heavy atom. The number of imidazole rings is 1. The number of nitrogens with zero attached hydrogens (tertiary/aromatic N) is 3. The topological polar surface area (TPSA) is 106 Å². The summed E-state index contributed by atoms with van der Waals surface area (Å²) >= 11 is 0. The molecule has 2 aromatic heterocycles. The standard InChI is InChI=1S/C8H9F3N6/c1-7(13,8(9,10)11)6-16-3-4(12)14-2-15-5(3)17-6/h2H,13H2,1H3,(H3,12,14,15,16,17). The number of H-pyrrole nitrogens is 1. The van der Waals surface area contributed by atoms with Crippen LogP contribution in [0.15, 0.2) is 6.33 Å². The fourth-order valence-corrected chi connectivity index (χ4v) is 1.23. The summed E-state index contributed by atoms with van der Waals surface area (Å²) < 4.78 is 38.1. The van der Waals surface area contributed by atoms with E-state index in [1.54, 1.807) is 0 Å². The summed E-state index contributed by atoms with van der Waals surface area (Å²) in [4.78, 5) is 13.4. The molecule has 0 aromatic carbocycles. The van der Waals surface area contributed by atoms with Crippen LogP contribution in [-0.4, -0.2) is 26.1 Å². The Hall–Kier alpha value is -1.90. The quantitative estimate of drug-likeness (QED) is 0.685. The van der Waals surface area contributed by atoms with Gasteiger partial charge < -0.3 is 16.5 Å². The van der Waals surface area contributed by atoms with Crippen LogP contribution in [-0.2, 0) is 5.54 Å². The van der Waals surface area contributed by atoms with Gasteiger partial charge in [-0.3, -0.25) is 0 Å². The van der Waals surface area contributed by atoms with Crippen molar-refractivity contribution in [2.45, 2.75) is 18.6 Å². The van der Waals surface area contributed by atoms with Gasteiger partial charge in [-0.1, -0.05) is 0 Å². The molecule has 5 N–H and O–H groups in total. The third-order valence-corrected chi connectivity index (χ3v) is 2.40. The van der Waals surface area contributed by atoms with Crippen molar-refractivity contribution < 1.29 is 13.2 Å². The molecular weight excluding hydrogens is 237 g/mol. The fraction of sp³-hybridized carbons (Fsp3) is 0.375. The van der Waals surface area contributed by atoms with Crippen LogP contribution in [0.2, 0.25) is 0 Å². The zero-order valence-corrected chi connectivity index (χ0v) is 8.71. The Bertz CT molecular complexity index is 558. The molecule has 2 rings (SSSR count). The first-order valence-electron chi connectivity index (χ1n) is 4.56. The van der Waals surface area contributed by atoms with Crippen LogP contribution in [0.1, 0.15) is 12.7 Å². The number of hydrogen-bond donors (Lipinski definition) is 3. The highest BCUT2D eigenvalue weighted by atomic mass is 19.4. The SMILES string of the molecule is CC(N)(c1nc2ncnc(N)c2[nH]1)C(F)(F)F. The van der Waals surface area contributed by atoms with E-state index in [9.17, 15) is 13.2 Å². The zero-order valence-electron chi connectivity index (χ0n) is 8.71. The molecule has 0 bridgehead atoms. The molecule has 17 heavy (non-hydrogen) atoms. The van der Waals surface area contributed by atoms with Crippen LogP contribution in [0.5, 0.6) is 0 Å². The Morgan fingerprint density at radius 1 is 1.29 bits per heavy atom. The van der Waals surface area contributed by atoms with Crippen molar-refractivity contribution in [2.24, 2.45) is 5.73 Å². The third-order valence-electron chi connectivity index (χ3n) is 2.40. The maximum absolute atomic E-state index is 12.7. The second-order valence-corrected chi connectivity index (χ2v) is 3.74. The normalized spacial score (nSPS) is 16.1. The molecule has 6 nitrogen and oxygen atoms in total. The second kappa shape index (κ2) is 3.29. The molecule has 0 amide bonds. The zero-order chi connectivity index (χ0) is 12.8. The van der Waals surface area contributed by atoms with Crippen LogP contribution in [0.25, 0.3) is 11.2 Å². The van der Waals surface area contributed by atoms with Gasteiger partial charge in [0.2, 0.25) is 0 Å². The highest BCUT2D eigenvalue weighted by Gasteiger charge is 2.51. The number of nitrogen functional groups attached to an aromatic ring is 1. The first kappa shape index (κ1) is 11.6. The van der Waals surface area contributed by atoms with E-state index in [0.29, 0.717) is 0 Å². The van der Waals surface area contributed by atoms with Crippen molar-refractivity contribution in [3.8, 4) is 0 Å². The number of hydrogen-bond acceptors (Lipinski definition) is 5. The number of aromatic amines is 1. The lowest BCUT2D eigenvalue weighted by Gasteiger charge is -2.24. The van der Waals surface area contributed by atoms with Crippen molar-refractivity contribution in [3.63, 3.8) is 0 Å². The number of halogens is 3. The molecule has 92 valence electrons. The monoisotopic (exact) mass is 246 g/mol. The minimum Gasteiger partial charge on any atom is -0.382 e. The Labute approximate surface area is 93.3 Å². The number of fused-ring (bicyclic) bond motifs is 1. The Balaban J connectivity index is 2.62. The molecule has 0 aliphatic heterocycles. The molecule has 2 heterocycles. The van der Waals surface area contributed by atoms with Crippen molar-refractivity contribution in [1.82, 2.24) is 19.9 Å². The van der Waals surface area contributed by atoms with E-state index in [1.165, 1.54) is 0 Å². The summed E-state index contributed by atoms with van der Waals surface area (Å²) in [6.07, 6.45) is -3.52. The molecule has 0 aliphatic carbocycles. The van der Waals surface area contributed by atoms with Gasteiger partial charge in [-0.15, -0.1) is 0 Å². The van der Waals surface area contributed by atoms with Crippen LogP contribution in [0.4, 0.5) is 19.0 Å². The van der Waals surface area contributed by atoms with Gasteiger partial charge in [-0.2, -0.15) is 13.2 Å². The minimum atomic E-state index is -4.64. The van der Waals surface area contributed by atoms with Crippen molar-refractivity contribution in [2.75, 3.05) is 5.73 Å². The molecule has 0 aliphatic rings. The van der Waals surface area contributed by atoms with Gasteiger partial charge in [0, 0.05) is 0 Å². The first-order chi connectivity index (χ1) is 7.73. The predicted octanol–water partition coefficient (Wildman–Crippen LogP) is 0.671. The van der Waals surface area contributed by atoms with E-state index in [2.05, 4.69) is 19.9 Å². The number of alkyl halides is 3. The summed E-state index contributed by atoms with van der Waals surface area (Å²) in [5.41, 5.74) is 8.29. The van der Waals surface area contributed by atoms with E-state index in [0.717, 1.165) is 13.3 Å². The summed E-state index contributed by atoms with van der Waals surface area (Å²) in [5, 5.41) is 0. The smallest absolute Gasteiger partial charge is 0.382 e. The van der Waals surface area contributed by atoms with Gasteiger partial charge >= 0.3 is 6.18 Å². The summed E-state index contributed by atoms with van der Waals surface area (Å²) in [6, 6.07) is 0. The molecule has 0 fully saturated rings. The maximum atomic E-state index is 12.7. The van der Waals surface area contributed by atoms with E-state index in [4.69, 9.17) is 11.5 Å². The van der Waals surface area contributed by atoms with E-state index < -0.39 is 17.5 Å². The number of anilines is 1. The Kier molecular flexibility index (Phi) is 2.24. The van der Waals surface area contributed by atoms with Crippen molar-refractivity contribution in [3.05, 3.63) is 12.2 Å². The summed E-state index contributed by atoms with van der Waals surface area (Å²) in [6.45, 7) is 0.814. The van der Waals surface area contributed by atoms with Crippen LogP contribution < -0.4 is 11.5 Å². The van der Waals surface area contributed by atoms with Crippen LogP contribution in [0, 0.1) is 0 Å². The largest absolute Gasteiger partial charge is 0.413 e. The lowest BCUT2D eigenvalue weighted by Crippen LogP contribution is -2.48. The van der Waals surface area contributed by atoms with Gasteiger partial charge in [-0.25, -0.2) is 15.0 Å². The first-order valence-corrected chi connectivity index (χ1v) is 4.56. The second-order valence-electron chi connectivity index (χ2n) is 3.74. The van der Waals surface area contributed by atoms with Crippen molar-refractivity contribution in [1.29, 1.82) is 0 Å². The lowest BCUT2D eigenvalue weighted by molar-refractivity contribution is -0.186. The van der Waals surface area contributed by atoms with E-state index in [-0.39, 0.29) is 17.0 Å². The van der Waals surface area contributed by atoms with Gasteiger partial charge in [0.15, 0.2) is 17.0 Å².